The lowest BCUT2D eigenvalue weighted by Crippen LogP contribution is -2.28. The van der Waals surface area contributed by atoms with Crippen molar-refractivity contribution in [2.45, 2.75) is 19.4 Å². The lowest BCUT2D eigenvalue weighted by Gasteiger charge is -2.05. The minimum atomic E-state index is -0.511. The maximum absolute atomic E-state index is 11.5. The molecule has 0 saturated carbocycles. The second kappa shape index (κ2) is 7.21. The summed E-state index contributed by atoms with van der Waals surface area (Å²) in [6.45, 7) is 2.32. The molecule has 1 amide bonds. The van der Waals surface area contributed by atoms with E-state index in [1.165, 1.54) is 12.1 Å². The predicted octanol–water partition coefficient (Wildman–Crippen LogP) is 1.55. The summed E-state index contributed by atoms with van der Waals surface area (Å²) >= 11 is 0.866. The van der Waals surface area contributed by atoms with Crippen molar-refractivity contribution in [3.05, 3.63) is 27.1 Å². The molecule has 96 valence electrons. The summed E-state index contributed by atoms with van der Waals surface area (Å²) in [7, 11) is 0. The molecule has 1 aromatic rings. The fourth-order valence-corrected chi connectivity index (χ4v) is 1.79. The highest BCUT2D eigenvalue weighted by molar-refractivity contribution is 7.17. The first kappa shape index (κ1) is 15.8. The zero-order valence-corrected chi connectivity index (χ0v) is 10.8. The third-order valence-corrected chi connectivity index (χ3v) is 2.92. The topological polar surface area (TPSA) is 98.3 Å². The molecule has 0 bridgehead atoms. The fourth-order valence-electron chi connectivity index (χ4n) is 1.05. The minimum Gasteiger partial charge on any atom is -0.351 e. The molecule has 8 heteroatoms. The Morgan fingerprint density at radius 1 is 1.65 bits per heavy atom. The first-order valence-electron chi connectivity index (χ1n) is 4.78. The van der Waals surface area contributed by atoms with Gasteiger partial charge in [0.05, 0.1) is 9.80 Å². The summed E-state index contributed by atoms with van der Waals surface area (Å²) in [4.78, 5) is 21.7. The van der Waals surface area contributed by atoms with Gasteiger partial charge in [-0.25, -0.2) is 0 Å². The Morgan fingerprint density at radius 3 is 2.76 bits per heavy atom. The van der Waals surface area contributed by atoms with E-state index in [1.54, 1.807) is 0 Å². The highest BCUT2D eigenvalue weighted by Gasteiger charge is 2.14. The van der Waals surface area contributed by atoms with Gasteiger partial charge in [-0.15, -0.1) is 12.4 Å². The van der Waals surface area contributed by atoms with Crippen molar-refractivity contribution < 1.29 is 9.72 Å². The van der Waals surface area contributed by atoms with Gasteiger partial charge < -0.3 is 11.1 Å². The Labute approximate surface area is 109 Å². The number of nitrogens with two attached hydrogens (primary N) is 1. The van der Waals surface area contributed by atoms with Gasteiger partial charge in [-0.2, -0.15) is 0 Å². The molecule has 1 heterocycles. The molecule has 0 saturated heterocycles. The average molecular weight is 280 g/mol. The van der Waals surface area contributed by atoms with E-state index in [4.69, 9.17) is 5.73 Å². The summed E-state index contributed by atoms with van der Waals surface area (Å²) in [6.07, 6.45) is 0.680. The number of amides is 1. The van der Waals surface area contributed by atoms with E-state index < -0.39 is 4.92 Å². The largest absolute Gasteiger partial charge is 0.351 e. The van der Waals surface area contributed by atoms with Crippen LogP contribution in [-0.2, 0) is 0 Å². The van der Waals surface area contributed by atoms with Gasteiger partial charge in [0.1, 0.15) is 0 Å². The number of nitrogens with zero attached hydrogens (tertiary/aromatic N) is 1. The number of nitro groups is 1. The molecule has 1 unspecified atom stereocenters. The SMILES string of the molecule is CC(N)CCNC(=O)c1ccc([N+](=O)[O-])s1.Cl. The van der Waals surface area contributed by atoms with Gasteiger partial charge in [0.15, 0.2) is 0 Å². The van der Waals surface area contributed by atoms with Crippen LogP contribution >= 0.6 is 23.7 Å². The summed E-state index contributed by atoms with van der Waals surface area (Å²) < 4.78 is 0. The third-order valence-electron chi connectivity index (χ3n) is 1.88. The number of hydrogen-bond donors (Lipinski definition) is 2. The summed E-state index contributed by atoms with van der Waals surface area (Å²) in [5.74, 6) is -0.293. The van der Waals surface area contributed by atoms with Crippen LogP contribution in [0.3, 0.4) is 0 Å². The second-order valence-electron chi connectivity index (χ2n) is 3.42. The molecular weight excluding hydrogens is 266 g/mol. The monoisotopic (exact) mass is 279 g/mol. The van der Waals surface area contributed by atoms with E-state index in [9.17, 15) is 14.9 Å². The highest BCUT2D eigenvalue weighted by atomic mass is 35.5. The molecule has 0 radical (unpaired) electrons. The molecule has 3 N–H and O–H groups in total. The van der Waals surface area contributed by atoms with Gasteiger partial charge in [-0.05, 0) is 19.4 Å². The van der Waals surface area contributed by atoms with Gasteiger partial charge in [-0.1, -0.05) is 11.3 Å². The maximum atomic E-state index is 11.5. The third kappa shape index (κ3) is 5.12. The molecule has 6 nitrogen and oxygen atoms in total. The molecule has 0 aromatic carbocycles. The van der Waals surface area contributed by atoms with Gasteiger partial charge in [0.2, 0.25) is 0 Å². The number of hydrogen-bond acceptors (Lipinski definition) is 5. The van der Waals surface area contributed by atoms with Crippen LogP contribution in [0.2, 0.25) is 0 Å². The second-order valence-corrected chi connectivity index (χ2v) is 4.48. The minimum absolute atomic E-state index is 0. The summed E-state index contributed by atoms with van der Waals surface area (Å²) in [6, 6.07) is 2.80. The lowest BCUT2D eigenvalue weighted by atomic mass is 10.2. The van der Waals surface area contributed by atoms with Crippen molar-refractivity contribution in [3.63, 3.8) is 0 Å². The smallest absolute Gasteiger partial charge is 0.324 e. The van der Waals surface area contributed by atoms with Gasteiger partial charge in [0.25, 0.3) is 5.91 Å². The highest BCUT2D eigenvalue weighted by Crippen LogP contribution is 2.23. The number of rotatable bonds is 5. The van der Waals surface area contributed by atoms with E-state index in [0.29, 0.717) is 17.8 Å². The summed E-state index contributed by atoms with van der Waals surface area (Å²) in [5.41, 5.74) is 5.52. The van der Waals surface area contributed by atoms with Crippen LogP contribution in [0.25, 0.3) is 0 Å². The van der Waals surface area contributed by atoms with Crippen LogP contribution in [0.15, 0.2) is 12.1 Å². The van der Waals surface area contributed by atoms with Gasteiger partial charge >= 0.3 is 5.00 Å². The molecule has 0 aliphatic rings. The fraction of sp³-hybridized carbons (Fsp3) is 0.444. The Bertz CT molecular complexity index is 395. The number of thiophene rings is 1. The normalized spacial score (nSPS) is 11.4. The molecule has 1 rings (SSSR count). The number of halogens is 1. The van der Waals surface area contributed by atoms with Crippen molar-refractivity contribution in [1.82, 2.24) is 5.32 Å². The standard InChI is InChI=1S/C9H13N3O3S.ClH/c1-6(10)4-5-11-9(13)7-2-3-8(16-7)12(14)15;/h2-3,6H,4-5,10H2,1H3,(H,11,13);1H. The Morgan fingerprint density at radius 2 is 2.29 bits per heavy atom. The zero-order chi connectivity index (χ0) is 12.1. The van der Waals surface area contributed by atoms with Crippen LogP contribution < -0.4 is 11.1 Å². The first-order valence-corrected chi connectivity index (χ1v) is 5.60. The predicted molar refractivity (Wildman–Crippen MR) is 68.8 cm³/mol. The lowest BCUT2D eigenvalue weighted by molar-refractivity contribution is -0.380. The number of nitrogens with one attached hydrogen (secondary N) is 1. The van der Waals surface area contributed by atoms with Crippen LogP contribution in [-0.4, -0.2) is 23.4 Å². The van der Waals surface area contributed by atoms with Crippen molar-refractivity contribution in [1.29, 1.82) is 0 Å². The summed E-state index contributed by atoms with van der Waals surface area (Å²) in [5, 5.41) is 13.0. The Hall–Kier alpha value is -1.18. The van der Waals surface area contributed by atoms with E-state index in [1.807, 2.05) is 6.92 Å². The van der Waals surface area contributed by atoms with E-state index in [-0.39, 0.29) is 29.4 Å². The maximum Gasteiger partial charge on any atom is 0.324 e. The Kier molecular flexibility index (Phi) is 6.71. The van der Waals surface area contributed by atoms with E-state index in [2.05, 4.69) is 5.32 Å². The van der Waals surface area contributed by atoms with Crippen molar-refractivity contribution in [3.8, 4) is 0 Å². The average Bonchev–Trinajstić information content (AvgIpc) is 2.65. The van der Waals surface area contributed by atoms with Crippen molar-refractivity contribution in [2.75, 3.05) is 6.54 Å². The molecule has 0 aliphatic carbocycles. The van der Waals surface area contributed by atoms with E-state index >= 15 is 0 Å². The molecule has 1 aromatic heterocycles. The van der Waals surface area contributed by atoms with Crippen molar-refractivity contribution in [2.24, 2.45) is 5.73 Å². The molecule has 0 spiro atoms. The Balaban J connectivity index is 0.00000256. The molecule has 1 atom stereocenters. The molecule has 17 heavy (non-hydrogen) atoms. The number of carbonyl (C=O) groups excluding carboxylic acids is 1. The molecule has 0 aliphatic heterocycles. The van der Waals surface area contributed by atoms with E-state index in [0.717, 1.165) is 11.3 Å². The van der Waals surface area contributed by atoms with Crippen molar-refractivity contribution >= 4 is 34.7 Å². The number of carbonyl (C=O) groups is 1. The van der Waals surface area contributed by atoms with Gasteiger partial charge in [-0.3, -0.25) is 14.9 Å². The van der Waals surface area contributed by atoms with Crippen LogP contribution in [0.1, 0.15) is 23.0 Å². The first-order chi connectivity index (χ1) is 7.50. The zero-order valence-electron chi connectivity index (χ0n) is 9.21. The van der Waals surface area contributed by atoms with Crippen LogP contribution in [0.4, 0.5) is 5.00 Å². The quantitative estimate of drug-likeness (QED) is 0.631. The molecular formula is C9H14ClN3O3S. The van der Waals surface area contributed by atoms with Gasteiger partial charge in [0, 0.05) is 18.7 Å². The van der Waals surface area contributed by atoms with Crippen LogP contribution in [0.5, 0.6) is 0 Å². The van der Waals surface area contributed by atoms with Crippen LogP contribution in [0, 0.1) is 10.1 Å². The molecule has 0 fully saturated rings.